The number of aryl methyl sites for hydroxylation is 1. The lowest BCUT2D eigenvalue weighted by atomic mass is 9.74. The number of alkyl halides is 2. The zero-order valence-electron chi connectivity index (χ0n) is 18.8. The maximum atomic E-state index is 13.0. The Morgan fingerprint density at radius 1 is 1.21 bits per heavy atom. The molecule has 0 spiro atoms. The van der Waals surface area contributed by atoms with Crippen LogP contribution >= 0.6 is 11.3 Å². The number of aliphatic hydroxyl groups is 1. The predicted molar refractivity (Wildman–Crippen MR) is 125 cm³/mol. The first-order valence-corrected chi connectivity index (χ1v) is 11.9. The zero-order chi connectivity index (χ0) is 24.5. The maximum Gasteiger partial charge on any atom is 0.306 e. The highest BCUT2D eigenvalue weighted by molar-refractivity contribution is 7.15. The van der Waals surface area contributed by atoms with Crippen molar-refractivity contribution in [2.24, 2.45) is 11.8 Å². The van der Waals surface area contributed by atoms with Gasteiger partial charge in [-0.15, -0.1) is 11.3 Å². The van der Waals surface area contributed by atoms with Gasteiger partial charge in [0.05, 0.1) is 10.8 Å². The highest BCUT2D eigenvalue weighted by atomic mass is 32.1. The largest absolute Gasteiger partial charge is 0.481 e. The Labute approximate surface area is 199 Å². The molecule has 180 valence electrons. The quantitative estimate of drug-likeness (QED) is 0.392. The van der Waals surface area contributed by atoms with Crippen LogP contribution in [0.1, 0.15) is 55.3 Å². The van der Waals surface area contributed by atoms with Crippen molar-refractivity contribution in [3.05, 3.63) is 52.9 Å². The minimum Gasteiger partial charge on any atom is -0.481 e. The molecule has 4 rings (SSSR count). The predicted octanol–water partition coefficient (Wildman–Crippen LogP) is 5.69. The highest BCUT2D eigenvalue weighted by Crippen LogP contribution is 2.43. The average Bonchev–Trinajstić information content (AvgIpc) is 3.30. The van der Waals surface area contributed by atoms with Crippen LogP contribution < -0.4 is 5.32 Å². The van der Waals surface area contributed by atoms with Gasteiger partial charge in [0.25, 0.3) is 6.43 Å². The van der Waals surface area contributed by atoms with E-state index in [1.54, 1.807) is 13.1 Å². The second-order valence-corrected chi connectivity index (χ2v) is 9.91. The molecule has 1 fully saturated rings. The number of hydrogen-bond donors (Lipinski definition) is 3. The minimum atomic E-state index is -2.68. The van der Waals surface area contributed by atoms with E-state index >= 15 is 0 Å². The lowest BCUT2D eigenvalue weighted by molar-refractivity contribution is -0.144. The average molecular weight is 489 g/mol. The number of carboxylic acid groups (broad SMARTS) is 1. The summed E-state index contributed by atoms with van der Waals surface area (Å²) in [5.41, 5.74) is 0.952. The minimum absolute atomic E-state index is 0.0592. The molecule has 34 heavy (non-hydrogen) atoms. The summed E-state index contributed by atoms with van der Waals surface area (Å²) in [6.07, 6.45) is 2.69. The third kappa shape index (κ3) is 5.23. The van der Waals surface area contributed by atoms with Gasteiger partial charge in [-0.25, -0.2) is 23.7 Å². The van der Waals surface area contributed by atoms with Gasteiger partial charge in [0.15, 0.2) is 0 Å². The van der Waals surface area contributed by atoms with Crippen LogP contribution in [0.5, 0.6) is 0 Å². The number of benzene rings is 1. The molecule has 0 amide bonds. The van der Waals surface area contributed by atoms with Gasteiger partial charge in [-0.1, -0.05) is 6.07 Å². The van der Waals surface area contributed by atoms with Crippen LogP contribution in [0.15, 0.2) is 36.7 Å². The molecular weight excluding hydrogens is 462 g/mol. The van der Waals surface area contributed by atoms with Crippen molar-refractivity contribution in [3.63, 3.8) is 0 Å². The Bertz CT molecular complexity index is 1180. The van der Waals surface area contributed by atoms with E-state index in [1.807, 2.05) is 25.1 Å². The standard InChI is InChI=1S/C24H26F2N4O3S/c1-13-9-15(11-17(10-13)29-23-27-8-7-18(30-23)20(25)26)19-12-28-22(34-19)24(2,33)16-5-3-14(4-6-16)21(31)32/h7-12,14,16,20,33H,3-6H2,1-2H3,(H,31,32)(H,27,29,30). The first kappa shape index (κ1) is 24.2. The Kier molecular flexibility index (Phi) is 6.90. The number of anilines is 2. The summed E-state index contributed by atoms with van der Waals surface area (Å²) in [6.45, 7) is 3.67. The number of nitrogens with one attached hydrogen (secondary N) is 1. The lowest BCUT2D eigenvalue weighted by Crippen LogP contribution is -2.35. The number of rotatable bonds is 7. The maximum absolute atomic E-state index is 13.0. The van der Waals surface area contributed by atoms with Crippen molar-refractivity contribution in [3.8, 4) is 10.4 Å². The van der Waals surface area contributed by atoms with E-state index < -0.39 is 18.0 Å². The molecule has 0 bridgehead atoms. The molecule has 10 heteroatoms. The summed E-state index contributed by atoms with van der Waals surface area (Å²) in [5.74, 6) is -1.09. The van der Waals surface area contributed by atoms with Gasteiger partial charge in [0, 0.05) is 18.1 Å². The number of carbonyl (C=O) groups is 1. The van der Waals surface area contributed by atoms with Crippen molar-refractivity contribution >= 4 is 28.9 Å². The van der Waals surface area contributed by atoms with E-state index in [0.29, 0.717) is 36.4 Å². The molecule has 2 aromatic heterocycles. The number of thiazole rings is 1. The van der Waals surface area contributed by atoms with Gasteiger partial charge in [-0.3, -0.25) is 4.79 Å². The highest BCUT2D eigenvalue weighted by Gasteiger charge is 2.40. The Balaban J connectivity index is 1.54. The van der Waals surface area contributed by atoms with E-state index in [4.69, 9.17) is 0 Å². The molecule has 1 aliphatic carbocycles. The molecule has 0 radical (unpaired) electrons. The van der Waals surface area contributed by atoms with Crippen LogP contribution in [0.25, 0.3) is 10.4 Å². The first-order valence-electron chi connectivity index (χ1n) is 11.0. The molecule has 2 heterocycles. The Morgan fingerprint density at radius 2 is 1.94 bits per heavy atom. The molecule has 0 saturated heterocycles. The van der Waals surface area contributed by atoms with Crippen molar-refractivity contribution in [2.45, 2.75) is 51.6 Å². The molecule has 0 aliphatic heterocycles. The van der Waals surface area contributed by atoms with E-state index in [1.165, 1.54) is 23.6 Å². The monoisotopic (exact) mass is 488 g/mol. The Morgan fingerprint density at radius 3 is 2.62 bits per heavy atom. The van der Waals surface area contributed by atoms with Gasteiger partial charge < -0.3 is 15.5 Å². The topological polar surface area (TPSA) is 108 Å². The van der Waals surface area contributed by atoms with Crippen LogP contribution in [0.3, 0.4) is 0 Å². The summed E-state index contributed by atoms with van der Waals surface area (Å²) < 4.78 is 25.9. The summed E-state index contributed by atoms with van der Waals surface area (Å²) in [4.78, 5) is 24.5. The lowest BCUT2D eigenvalue weighted by Gasteiger charge is -2.35. The van der Waals surface area contributed by atoms with Crippen LogP contribution in [-0.4, -0.2) is 31.1 Å². The normalized spacial score (nSPS) is 20.2. The van der Waals surface area contributed by atoms with E-state index in [0.717, 1.165) is 16.0 Å². The van der Waals surface area contributed by atoms with Gasteiger partial charge >= 0.3 is 5.97 Å². The molecule has 1 aromatic carbocycles. The van der Waals surface area contributed by atoms with Crippen molar-refractivity contribution < 1.29 is 23.8 Å². The van der Waals surface area contributed by atoms with Crippen molar-refractivity contribution in [1.29, 1.82) is 0 Å². The SMILES string of the molecule is Cc1cc(Nc2nccc(C(F)F)n2)cc(-c2cnc(C(C)(O)C3CCC(C(=O)O)CC3)s2)c1. The number of aromatic nitrogens is 3. The zero-order valence-corrected chi connectivity index (χ0v) is 19.6. The molecule has 3 N–H and O–H groups in total. The molecule has 1 aliphatic rings. The van der Waals surface area contributed by atoms with Crippen molar-refractivity contribution in [2.75, 3.05) is 5.32 Å². The third-order valence-electron chi connectivity index (χ3n) is 6.33. The fraction of sp³-hybridized carbons (Fsp3) is 0.417. The first-order chi connectivity index (χ1) is 16.1. The molecule has 1 saturated carbocycles. The second-order valence-electron chi connectivity index (χ2n) is 8.88. The molecule has 1 unspecified atom stereocenters. The smallest absolute Gasteiger partial charge is 0.306 e. The van der Waals surface area contributed by atoms with E-state index in [-0.39, 0.29) is 23.5 Å². The molecule has 3 aromatic rings. The number of halogens is 2. The van der Waals surface area contributed by atoms with Gasteiger partial charge in [0.2, 0.25) is 5.95 Å². The molecule has 1 atom stereocenters. The third-order valence-corrected chi connectivity index (χ3v) is 7.60. The summed E-state index contributed by atoms with van der Waals surface area (Å²) in [6, 6.07) is 6.87. The number of nitrogens with zero attached hydrogens (tertiary/aromatic N) is 3. The van der Waals surface area contributed by atoms with Gasteiger partial charge in [0.1, 0.15) is 16.3 Å². The fourth-order valence-electron chi connectivity index (χ4n) is 4.40. The van der Waals surface area contributed by atoms with Crippen molar-refractivity contribution in [1.82, 2.24) is 15.0 Å². The number of carboxylic acids is 1. The fourth-order valence-corrected chi connectivity index (χ4v) is 5.43. The molecular formula is C24H26F2N4O3S. The van der Waals surface area contributed by atoms with Crippen LogP contribution in [0, 0.1) is 18.8 Å². The summed E-state index contributed by atoms with van der Waals surface area (Å²) >= 11 is 1.39. The number of hydrogen-bond acceptors (Lipinski definition) is 7. The van der Waals surface area contributed by atoms with E-state index in [2.05, 4.69) is 20.3 Å². The summed E-state index contributed by atoms with van der Waals surface area (Å²) in [7, 11) is 0. The number of aliphatic carboxylic acids is 1. The Hall–Kier alpha value is -2.98. The van der Waals surface area contributed by atoms with E-state index in [9.17, 15) is 23.8 Å². The molecule has 7 nitrogen and oxygen atoms in total. The van der Waals surface area contributed by atoms with Crippen LogP contribution in [0.4, 0.5) is 20.4 Å². The second kappa shape index (κ2) is 9.71. The summed E-state index contributed by atoms with van der Waals surface area (Å²) in [5, 5.41) is 24.1. The van der Waals surface area contributed by atoms with Crippen LogP contribution in [-0.2, 0) is 10.4 Å². The van der Waals surface area contributed by atoms with Gasteiger partial charge in [-0.05, 0) is 74.8 Å². The van der Waals surface area contributed by atoms with Crippen LogP contribution in [0.2, 0.25) is 0 Å². The van der Waals surface area contributed by atoms with Gasteiger partial charge in [-0.2, -0.15) is 0 Å².